The van der Waals surface area contributed by atoms with Crippen LogP contribution in [0.3, 0.4) is 0 Å². The van der Waals surface area contributed by atoms with E-state index in [4.69, 9.17) is 20.7 Å². The van der Waals surface area contributed by atoms with Crippen molar-refractivity contribution in [2.75, 3.05) is 19.7 Å². The van der Waals surface area contributed by atoms with Gasteiger partial charge in [-0.25, -0.2) is 0 Å². The molecule has 6 N–H and O–H groups in total. The molecule has 0 aromatic carbocycles. The van der Waals surface area contributed by atoms with Gasteiger partial charge in [0, 0.05) is 13.1 Å². The molecule has 5 atom stereocenters. The van der Waals surface area contributed by atoms with Crippen molar-refractivity contribution in [1.82, 2.24) is 4.90 Å². The molecule has 0 radical (unpaired) electrons. The third-order valence-corrected chi connectivity index (χ3v) is 3.85. The summed E-state index contributed by atoms with van der Waals surface area (Å²) in [7, 11) is 0. The Kier molecular flexibility index (Phi) is 4.96. The van der Waals surface area contributed by atoms with E-state index in [1.165, 1.54) is 4.90 Å². The van der Waals surface area contributed by atoms with E-state index in [0.717, 1.165) is 0 Å². The summed E-state index contributed by atoms with van der Waals surface area (Å²) < 4.78 is 5.33. The summed E-state index contributed by atoms with van der Waals surface area (Å²) in [6.45, 7) is -0.416. The van der Waals surface area contributed by atoms with Crippen LogP contribution >= 0.6 is 0 Å². The van der Waals surface area contributed by atoms with E-state index < -0.39 is 48.8 Å². The Hall–Kier alpha value is -1.75. The lowest BCUT2D eigenvalue weighted by Gasteiger charge is -2.33. The van der Waals surface area contributed by atoms with Crippen LogP contribution in [0, 0.1) is 5.92 Å². The van der Waals surface area contributed by atoms with Crippen LogP contribution in [-0.2, 0) is 14.3 Å². The number of carboxylic acids is 1. The van der Waals surface area contributed by atoms with Crippen LogP contribution in [0.15, 0.2) is 4.99 Å². The van der Waals surface area contributed by atoms with Crippen LogP contribution in [0.4, 0.5) is 0 Å². The number of rotatable bonds is 5. The number of aliphatic hydroxyl groups excluding tert-OH is 3. The molecule has 1 fully saturated rings. The van der Waals surface area contributed by atoms with Crippen LogP contribution in [0.5, 0.6) is 0 Å². The second-order valence-electron chi connectivity index (χ2n) is 5.31. The van der Waals surface area contributed by atoms with Crippen molar-refractivity contribution in [3.63, 3.8) is 0 Å². The molecule has 0 bridgehead atoms. The van der Waals surface area contributed by atoms with Gasteiger partial charge in [0.25, 0.3) is 5.91 Å². The van der Waals surface area contributed by atoms with Gasteiger partial charge in [-0.15, -0.1) is 0 Å². The zero-order valence-corrected chi connectivity index (χ0v) is 11.7. The number of amides is 1. The number of nitrogens with zero attached hydrogens (tertiary/aromatic N) is 2. The lowest BCUT2D eigenvalue weighted by atomic mass is 9.94. The predicted octanol–water partition coefficient (Wildman–Crippen LogP) is -3.28. The smallest absolute Gasteiger partial charge is 0.305 e. The number of guanidine groups is 1. The lowest BCUT2D eigenvalue weighted by Crippen LogP contribution is -2.52. The van der Waals surface area contributed by atoms with Crippen LogP contribution in [-0.4, -0.2) is 87.3 Å². The fraction of sp³-hybridized carbons (Fsp3) is 0.750. The molecular weight excluding hydrogens is 298 g/mol. The number of carbonyl (C=O) groups is 2. The molecule has 2 heterocycles. The first-order valence-electron chi connectivity index (χ1n) is 6.82. The first-order valence-corrected chi connectivity index (χ1v) is 6.82. The van der Waals surface area contributed by atoms with E-state index in [2.05, 4.69) is 4.99 Å². The quantitative estimate of drug-likeness (QED) is 0.349. The van der Waals surface area contributed by atoms with Crippen molar-refractivity contribution in [2.24, 2.45) is 16.6 Å². The maximum Gasteiger partial charge on any atom is 0.305 e. The molecule has 0 saturated carbocycles. The standard InChI is InChI=1S/C12H19N3O7/c13-12-14-11(21)5(3-15(12)2-1-7(17)18)10-9(20)8(19)6(4-16)22-10/h5-6,8-10,16,19-20H,1-4H2,(H,17,18)(H2,13,14,21). The average Bonchev–Trinajstić information content (AvgIpc) is 2.74. The van der Waals surface area contributed by atoms with Crippen molar-refractivity contribution in [3.8, 4) is 0 Å². The van der Waals surface area contributed by atoms with Gasteiger partial charge in [0.15, 0.2) is 5.96 Å². The molecule has 2 rings (SSSR count). The van der Waals surface area contributed by atoms with Crippen LogP contribution in [0.2, 0.25) is 0 Å². The number of aliphatic hydroxyl groups is 3. The molecule has 22 heavy (non-hydrogen) atoms. The van der Waals surface area contributed by atoms with Crippen molar-refractivity contribution in [2.45, 2.75) is 30.8 Å². The number of carboxylic acid groups (broad SMARTS) is 1. The summed E-state index contributed by atoms with van der Waals surface area (Å²) in [6, 6.07) is 0. The highest BCUT2D eigenvalue weighted by molar-refractivity contribution is 5.96. The fourth-order valence-electron chi connectivity index (χ4n) is 2.62. The van der Waals surface area contributed by atoms with Gasteiger partial charge in [-0.05, 0) is 0 Å². The Morgan fingerprint density at radius 2 is 2.09 bits per heavy atom. The van der Waals surface area contributed by atoms with Gasteiger partial charge < -0.3 is 35.8 Å². The molecule has 1 amide bonds. The maximum atomic E-state index is 12.0. The summed E-state index contributed by atoms with van der Waals surface area (Å²) in [5.74, 6) is -2.62. The highest BCUT2D eigenvalue weighted by atomic mass is 16.6. The van der Waals surface area contributed by atoms with E-state index in [1.807, 2.05) is 0 Å². The first kappa shape index (κ1) is 16.6. The van der Waals surface area contributed by atoms with E-state index in [9.17, 15) is 19.8 Å². The highest BCUT2D eigenvalue weighted by Gasteiger charge is 2.49. The van der Waals surface area contributed by atoms with E-state index in [1.54, 1.807) is 0 Å². The number of aliphatic imine (C=N–C) groups is 1. The summed E-state index contributed by atoms with van der Waals surface area (Å²) in [5.41, 5.74) is 5.60. The molecule has 1 saturated heterocycles. The maximum absolute atomic E-state index is 12.0. The van der Waals surface area contributed by atoms with E-state index in [0.29, 0.717) is 0 Å². The molecule has 0 spiro atoms. The minimum Gasteiger partial charge on any atom is -0.481 e. The highest BCUT2D eigenvalue weighted by Crippen LogP contribution is 2.29. The molecule has 5 unspecified atom stereocenters. The van der Waals surface area contributed by atoms with Crippen LogP contribution in [0.1, 0.15) is 6.42 Å². The lowest BCUT2D eigenvalue weighted by molar-refractivity contribution is -0.137. The van der Waals surface area contributed by atoms with Gasteiger partial charge in [-0.1, -0.05) is 0 Å². The van der Waals surface area contributed by atoms with Crippen molar-refractivity contribution >= 4 is 17.8 Å². The predicted molar refractivity (Wildman–Crippen MR) is 71.7 cm³/mol. The largest absolute Gasteiger partial charge is 0.481 e. The zero-order chi connectivity index (χ0) is 16.4. The van der Waals surface area contributed by atoms with Gasteiger partial charge in [-0.3, -0.25) is 9.59 Å². The molecule has 2 aliphatic rings. The second-order valence-corrected chi connectivity index (χ2v) is 5.31. The Balaban J connectivity index is 2.11. The third kappa shape index (κ3) is 3.19. The number of nitrogens with two attached hydrogens (primary N) is 1. The fourth-order valence-corrected chi connectivity index (χ4v) is 2.62. The van der Waals surface area contributed by atoms with Gasteiger partial charge in [-0.2, -0.15) is 4.99 Å². The van der Waals surface area contributed by atoms with Gasteiger partial charge >= 0.3 is 5.97 Å². The Morgan fingerprint density at radius 1 is 1.41 bits per heavy atom. The number of aliphatic carboxylic acids is 1. The van der Waals surface area contributed by atoms with Crippen molar-refractivity contribution < 1.29 is 34.8 Å². The Bertz CT molecular complexity index is 483. The minimum absolute atomic E-state index is 0.0219. The van der Waals surface area contributed by atoms with Crippen molar-refractivity contribution in [1.29, 1.82) is 0 Å². The van der Waals surface area contributed by atoms with Gasteiger partial charge in [0.05, 0.1) is 18.9 Å². The Morgan fingerprint density at radius 3 is 2.64 bits per heavy atom. The minimum atomic E-state index is -1.35. The molecule has 0 aromatic heterocycles. The SMILES string of the molecule is NC1=NC(=O)C(C2OC(CO)C(O)C2O)CN1CCC(=O)O. The molecule has 10 heteroatoms. The van der Waals surface area contributed by atoms with Crippen LogP contribution in [0.25, 0.3) is 0 Å². The molecule has 0 aromatic rings. The van der Waals surface area contributed by atoms with E-state index >= 15 is 0 Å². The number of ether oxygens (including phenoxy) is 1. The normalized spacial score (nSPS) is 35.6. The number of hydrogen-bond donors (Lipinski definition) is 5. The average molecular weight is 317 g/mol. The molecule has 0 aliphatic carbocycles. The second kappa shape index (κ2) is 6.57. The first-order chi connectivity index (χ1) is 10.3. The zero-order valence-electron chi connectivity index (χ0n) is 11.7. The summed E-state index contributed by atoms with van der Waals surface area (Å²) in [6.07, 6.45) is -4.86. The molecule has 124 valence electrons. The Labute approximate surface area is 125 Å². The third-order valence-electron chi connectivity index (χ3n) is 3.85. The summed E-state index contributed by atoms with van der Waals surface area (Å²) in [5, 5.41) is 37.5. The van der Waals surface area contributed by atoms with E-state index in [-0.39, 0.29) is 25.5 Å². The van der Waals surface area contributed by atoms with Gasteiger partial charge in [0.2, 0.25) is 0 Å². The topological polar surface area (TPSA) is 166 Å². The van der Waals surface area contributed by atoms with Gasteiger partial charge in [0.1, 0.15) is 24.4 Å². The number of hydrogen-bond acceptors (Lipinski definition) is 8. The summed E-state index contributed by atoms with van der Waals surface area (Å²) in [4.78, 5) is 27.6. The summed E-state index contributed by atoms with van der Waals surface area (Å²) >= 11 is 0. The number of carbonyl (C=O) groups excluding carboxylic acids is 1. The van der Waals surface area contributed by atoms with Crippen molar-refractivity contribution in [3.05, 3.63) is 0 Å². The molecule has 2 aliphatic heterocycles. The molecular formula is C12H19N3O7. The van der Waals surface area contributed by atoms with Crippen LogP contribution < -0.4 is 5.73 Å². The monoisotopic (exact) mass is 317 g/mol. The molecule has 10 nitrogen and oxygen atoms in total.